The van der Waals surface area contributed by atoms with E-state index in [4.69, 9.17) is 13.3 Å². The van der Waals surface area contributed by atoms with Gasteiger partial charge < -0.3 is 18.2 Å². The van der Waals surface area contributed by atoms with Crippen LogP contribution in [0.25, 0.3) is 67.0 Å². The Hall–Kier alpha value is -6.14. The molecule has 3 heterocycles. The van der Waals surface area contributed by atoms with Gasteiger partial charge in [0.2, 0.25) is 11.8 Å². The van der Waals surface area contributed by atoms with Gasteiger partial charge in [0.1, 0.15) is 22.2 Å². The molecule has 0 amide bonds. The highest BCUT2D eigenvalue weighted by atomic mass is 16.4. The van der Waals surface area contributed by atoms with Gasteiger partial charge in [0.15, 0.2) is 11.2 Å². The number of hydrogen-bond acceptors (Lipinski definition) is 6. The van der Waals surface area contributed by atoms with Crippen molar-refractivity contribution in [2.75, 3.05) is 4.90 Å². The predicted molar refractivity (Wildman–Crippen MR) is 174 cm³/mol. The summed E-state index contributed by atoms with van der Waals surface area (Å²) in [6.07, 6.45) is 0. The highest BCUT2D eigenvalue weighted by Crippen LogP contribution is 2.40. The van der Waals surface area contributed by atoms with E-state index in [9.17, 15) is 0 Å². The van der Waals surface area contributed by atoms with Crippen LogP contribution in [0.5, 0.6) is 0 Å². The summed E-state index contributed by atoms with van der Waals surface area (Å²) >= 11 is 0. The van der Waals surface area contributed by atoms with E-state index in [1.165, 1.54) is 0 Å². The summed E-state index contributed by atoms with van der Waals surface area (Å²) in [5.74, 6) is 1.19. The van der Waals surface area contributed by atoms with Crippen LogP contribution in [0, 0.1) is 0 Å². The third kappa shape index (κ3) is 4.04. The summed E-state index contributed by atoms with van der Waals surface area (Å²) in [4.78, 5) is 11.6. The van der Waals surface area contributed by atoms with Crippen LogP contribution in [0.2, 0.25) is 0 Å². The number of furan rings is 1. The Balaban J connectivity index is 1.15. The Morgan fingerprint density at radius 3 is 1.43 bits per heavy atom. The van der Waals surface area contributed by atoms with Gasteiger partial charge in [0.25, 0.3) is 0 Å². The highest BCUT2D eigenvalue weighted by Gasteiger charge is 2.17. The Bertz CT molecular complexity index is 2270. The minimum absolute atomic E-state index is 0.596. The van der Waals surface area contributed by atoms with E-state index in [0.29, 0.717) is 11.8 Å². The summed E-state index contributed by atoms with van der Waals surface area (Å²) in [5, 5.41) is 2.15. The van der Waals surface area contributed by atoms with Crippen LogP contribution in [0.15, 0.2) is 153 Å². The van der Waals surface area contributed by atoms with Gasteiger partial charge in [-0.15, -0.1) is 0 Å². The fourth-order valence-corrected chi connectivity index (χ4v) is 5.80. The molecule has 6 nitrogen and oxygen atoms in total. The van der Waals surface area contributed by atoms with E-state index in [2.05, 4.69) is 57.3 Å². The van der Waals surface area contributed by atoms with Crippen molar-refractivity contribution < 1.29 is 13.3 Å². The van der Waals surface area contributed by atoms with E-state index in [1.807, 2.05) is 97.1 Å². The number of rotatable bonds is 5. The molecule has 0 unspecified atom stereocenters. The van der Waals surface area contributed by atoms with Crippen LogP contribution < -0.4 is 4.90 Å². The maximum atomic E-state index is 6.12. The number of hydrogen-bond donors (Lipinski definition) is 0. The van der Waals surface area contributed by atoms with Gasteiger partial charge in [-0.05, 0) is 97.1 Å². The van der Waals surface area contributed by atoms with Gasteiger partial charge >= 0.3 is 0 Å². The van der Waals surface area contributed by atoms with Crippen molar-refractivity contribution in [3.63, 3.8) is 0 Å². The minimum Gasteiger partial charge on any atom is -0.456 e. The smallest absolute Gasteiger partial charge is 0.227 e. The molecule has 6 aromatic carbocycles. The molecule has 0 atom stereocenters. The second-order valence-electron chi connectivity index (χ2n) is 10.7. The van der Waals surface area contributed by atoms with E-state index in [1.54, 1.807) is 0 Å². The first-order valence-electron chi connectivity index (χ1n) is 14.4. The quantitative estimate of drug-likeness (QED) is 0.205. The van der Waals surface area contributed by atoms with Crippen LogP contribution >= 0.6 is 0 Å². The van der Waals surface area contributed by atoms with Gasteiger partial charge in [0.05, 0.1) is 0 Å². The third-order valence-electron chi connectivity index (χ3n) is 7.95. The van der Waals surface area contributed by atoms with Gasteiger partial charge in [-0.1, -0.05) is 42.5 Å². The van der Waals surface area contributed by atoms with E-state index in [0.717, 1.165) is 72.3 Å². The van der Waals surface area contributed by atoms with Gasteiger partial charge in [-0.3, -0.25) is 0 Å². The summed E-state index contributed by atoms with van der Waals surface area (Å²) in [6, 6.07) is 46.6. The lowest BCUT2D eigenvalue weighted by Gasteiger charge is -2.25. The Morgan fingerprint density at radius 2 is 0.864 bits per heavy atom. The number of para-hydroxylation sites is 5. The number of fused-ring (bicyclic) bond motifs is 5. The lowest BCUT2D eigenvalue weighted by atomic mass is 10.1. The average molecular weight is 570 g/mol. The molecule has 0 aliphatic carbocycles. The standard InChI is InChI=1S/C38H23N3O3/c1-4-10-33-29(7-1)30-23-28(21-22-34(30)42-33)41(26-17-13-24(14-18-26)37-39-31-8-2-5-11-35(31)43-37)27-19-15-25(16-20-27)38-40-32-9-3-6-12-36(32)44-38/h1-23H. The molecule has 0 saturated carbocycles. The maximum Gasteiger partial charge on any atom is 0.227 e. The maximum absolute atomic E-state index is 6.12. The van der Waals surface area contributed by atoms with Crippen molar-refractivity contribution in [2.24, 2.45) is 0 Å². The van der Waals surface area contributed by atoms with Crippen LogP contribution in [-0.2, 0) is 0 Å². The predicted octanol–water partition coefficient (Wildman–Crippen LogP) is 10.7. The van der Waals surface area contributed by atoms with Crippen LogP contribution in [0.4, 0.5) is 17.1 Å². The molecule has 9 rings (SSSR count). The number of aromatic nitrogens is 2. The molecular weight excluding hydrogens is 546 g/mol. The molecule has 208 valence electrons. The van der Waals surface area contributed by atoms with Crippen molar-refractivity contribution in [3.05, 3.63) is 140 Å². The van der Waals surface area contributed by atoms with E-state index < -0.39 is 0 Å². The van der Waals surface area contributed by atoms with Crippen molar-refractivity contribution in [2.45, 2.75) is 0 Å². The molecule has 3 aromatic heterocycles. The first kappa shape index (κ1) is 24.5. The second kappa shape index (κ2) is 9.71. The SMILES string of the molecule is c1ccc2oc(-c3ccc(N(c4ccc(-c5nc6ccccc6o5)cc4)c4ccc5oc6ccccc6c5c4)cc3)nc2c1. The molecule has 0 aliphatic rings. The summed E-state index contributed by atoms with van der Waals surface area (Å²) < 4.78 is 18.2. The Labute approximate surface area is 251 Å². The molecular formula is C38H23N3O3. The van der Waals surface area contributed by atoms with E-state index >= 15 is 0 Å². The zero-order valence-electron chi connectivity index (χ0n) is 23.3. The molecule has 44 heavy (non-hydrogen) atoms. The van der Waals surface area contributed by atoms with E-state index in [-0.39, 0.29) is 0 Å². The van der Waals surface area contributed by atoms with Crippen LogP contribution in [0.3, 0.4) is 0 Å². The molecule has 9 aromatic rings. The first-order valence-corrected chi connectivity index (χ1v) is 14.4. The summed E-state index contributed by atoms with van der Waals surface area (Å²) in [6.45, 7) is 0. The fourth-order valence-electron chi connectivity index (χ4n) is 5.80. The molecule has 6 heteroatoms. The normalized spacial score (nSPS) is 11.6. The number of anilines is 3. The highest BCUT2D eigenvalue weighted by molar-refractivity contribution is 6.06. The van der Waals surface area contributed by atoms with Crippen LogP contribution in [0.1, 0.15) is 0 Å². The van der Waals surface area contributed by atoms with Gasteiger partial charge in [-0.25, -0.2) is 9.97 Å². The van der Waals surface area contributed by atoms with Crippen molar-refractivity contribution in [1.82, 2.24) is 9.97 Å². The number of benzene rings is 6. The lowest BCUT2D eigenvalue weighted by Crippen LogP contribution is -2.09. The first-order chi connectivity index (χ1) is 21.8. The van der Waals surface area contributed by atoms with Crippen LogP contribution in [-0.4, -0.2) is 9.97 Å². The minimum atomic E-state index is 0.596. The number of oxazole rings is 2. The molecule has 0 spiro atoms. The Kier molecular flexibility index (Phi) is 5.40. The van der Waals surface area contributed by atoms with Gasteiger partial charge in [-0.2, -0.15) is 0 Å². The zero-order chi connectivity index (χ0) is 29.0. The lowest BCUT2D eigenvalue weighted by molar-refractivity contribution is 0.619. The third-order valence-corrected chi connectivity index (χ3v) is 7.95. The topological polar surface area (TPSA) is 68.4 Å². The molecule has 0 N–H and O–H groups in total. The zero-order valence-corrected chi connectivity index (χ0v) is 23.3. The second-order valence-corrected chi connectivity index (χ2v) is 10.7. The molecule has 0 aliphatic heterocycles. The molecule has 0 bridgehead atoms. The van der Waals surface area contributed by atoms with Gasteiger partial charge in [0, 0.05) is 39.0 Å². The molecule has 0 radical (unpaired) electrons. The Morgan fingerprint density at radius 1 is 0.386 bits per heavy atom. The van der Waals surface area contributed by atoms with Crippen molar-refractivity contribution in [1.29, 1.82) is 0 Å². The molecule has 0 fully saturated rings. The average Bonchev–Trinajstić information content (AvgIpc) is 3.81. The monoisotopic (exact) mass is 569 g/mol. The largest absolute Gasteiger partial charge is 0.456 e. The molecule has 0 saturated heterocycles. The van der Waals surface area contributed by atoms with Crippen molar-refractivity contribution >= 4 is 61.2 Å². The summed E-state index contributed by atoms with van der Waals surface area (Å²) in [7, 11) is 0. The summed E-state index contributed by atoms with van der Waals surface area (Å²) in [5.41, 5.74) is 9.76. The number of nitrogens with zero attached hydrogens (tertiary/aromatic N) is 3. The fraction of sp³-hybridized carbons (Fsp3) is 0. The van der Waals surface area contributed by atoms with Crippen molar-refractivity contribution in [3.8, 4) is 22.9 Å².